The van der Waals surface area contributed by atoms with Gasteiger partial charge in [0.2, 0.25) is 5.91 Å². The molecule has 0 bridgehead atoms. The van der Waals surface area contributed by atoms with Crippen LogP contribution in [0, 0.1) is 12.8 Å². The summed E-state index contributed by atoms with van der Waals surface area (Å²) in [5, 5.41) is 6.07. The zero-order valence-electron chi connectivity index (χ0n) is 11.2. The van der Waals surface area contributed by atoms with E-state index in [2.05, 4.69) is 22.7 Å². The Morgan fingerprint density at radius 1 is 1.35 bits per heavy atom. The lowest BCUT2D eigenvalue weighted by molar-refractivity contribution is -0.122. The normalized spacial score (nSPS) is 21.1. The van der Waals surface area contributed by atoms with Crippen LogP contribution in [-0.2, 0) is 4.79 Å². The first kappa shape index (κ1) is 13.1. The molecule has 1 aromatic carbocycles. The molecular weight excluding hydrogens is 268 g/mol. The first-order valence-electron chi connectivity index (χ1n) is 6.67. The van der Waals surface area contributed by atoms with Crippen molar-refractivity contribution in [2.45, 2.75) is 19.3 Å². The molecular formula is C16H16N2OS. The Balaban J connectivity index is 1.54. The SMILES string of the molecule is Cc1ccsc1C=NNC(=O)C1CC1c1ccccc1. The summed E-state index contributed by atoms with van der Waals surface area (Å²) < 4.78 is 0. The molecule has 0 saturated heterocycles. The van der Waals surface area contributed by atoms with Crippen LogP contribution in [0.4, 0.5) is 0 Å². The summed E-state index contributed by atoms with van der Waals surface area (Å²) in [5.74, 6) is 0.443. The number of benzene rings is 1. The van der Waals surface area contributed by atoms with Crippen molar-refractivity contribution >= 4 is 23.5 Å². The van der Waals surface area contributed by atoms with E-state index in [1.807, 2.05) is 36.6 Å². The second-order valence-corrected chi connectivity index (χ2v) is 6.01. The Kier molecular flexibility index (Phi) is 3.65. The summed E-state index contributed by atoms with van der Waals surface area (Å²) in [6.07, 6.45) is 2.64. The van der Waals surface area contributed by atoms with Crippen molar-refractivity contribution in [1.29, 1.82) is 0 Å². The lowest BCUT2D eigenvalue weighted by atomic mass is 10.1. The van der Waals surface area contributed by atoms with Gasteiger partial charge in [0.1, 0.15) is 0 Å². The first-order chi connectivity index (χ1) is 9.75. The van der Waals surface area contributed by atoms with Gasteiger partial charge in [-0.05, 0) is 41.8 Å². The van der Waals surface area contributed by atoms with E-state index in [1.165, 1.54) is 11.1 Å². The molecule has 1 amide bonds. The smallest absolute Gasteiger partial charge is 0.243 e. The minimum Gasteiger partial charge on any atom is -0.273 e. The summed E-state index contributed by atoms with van der Waals surface area (Å²) in [6, 6.07) is 12.2. The first-order valence-corrected chi connectivity index (χ1v) is 7.55. The molecule has 3 nitrogen and oxygen atoms in total. The molecule has 2 atom stereocenters. The predicted molar refractivity (Wildman–Crippen MR) is 82.1 cm³/mol. The third-order valence-electron chi connectivity index (χ3n) is 3.61. The predicted octanol–water partition coefficient (Wildman–Crippen LogP) is 3.31. The topological polar surface area (TPSA) is 41.5 Å². The van der Waals surface area contributed by atoms with E-state index >= 15 is 0 Å². The van der Waals surface area contributed by atoms with Crippen molar-refractivity contribution in [3.63, 3.8) is 0 Å². The van der Waals surface area contributed by atoms with E-state index in [1.54, 1.807) is 17.6 Å². The average Bonchev–Trinajstić information content (AvgIpc) is 3.18. The molecule has 1 N–H and O–H groups in total. The number of nitrogens with zero attached hydrogens (tertiary/aromatic N) is 1. The molecule has 2 unspecified atom stereocenters. The summed E-state index contributed by atoms with van der Waals surface area (Å²) in [4.78, 5) is 13.1. The van der Waals surface area contributed by atoms with E-state index in [0.29, 0.717) is 5.92 Å². The average molecular weight is 284 g/mol. The standard InChI is InChI=1S/C16H16N2OS/c1-11-7-8-20-15(11)10-17-18-16(19)14-9-13(14)12-5-3-2-4-6-12/h2-8,10,13-14H,9H2,1H3,(H,18,19). The molecule has 1 aliphatic carbocycles. The molecule has 0 spiro atoms. The summed E-state index contributed by atoms with van der Waals surface area (Å²) in [5.41, 5.74) is 5.07. The Morgan fingerprint density at radius 3 is 2.85 bits per heavy atom. The number of carbonyl (C=O) groups excluding carboxylic acids is 1. The van der Waals surface area contributed by atoms with Gasteiger partial charge in [-0.15, -0.1) is 11.3 Å². The number of carbonyl (C=O) groups is 1. The number of aryl methyl sites for hydroxylation is 1. The van der Waals surface area contributed by atoms with Crippen LogP contribution in [0.1, 0.15) is 28.3 Å². The minimum atomic E-state index is 0.0179. The van der Waals surface area contributed by atoms with Crippen molar-refractivity contribution in [1.82, 2.24) is 5.43 Å². The molecule has 0 aliphatic heterocycles. The lowest BCUT2D eigenvalue weighted by Gasteiger charge is -1.99. The van der Waals surface area contributed by atoms with Gasteiger partial charge in [-0.3, -0.25) is 4.79 Å². The van der Waals surface area contributed by atoms with Gasteiger partial charge < -0.3 is 0 Å². The van der Waals surface area contributed by atoms with Gasteiger partial charge in [-0.1, -0.05) is 30.3 Å². The lowest BCUT2D eigenvalue weighted by Crippen LogP contribution is -2.20. The van der Waals surface area contributed by atoms with Gasteiger partial charge in [-0.2, -0.15) is 5.10 Å². The number of thiophene rings is 1. The van der Waals surface area contributed by atoms with Crippen LogP contribution in [0.25, 0.3) is 0 Å². The quantitative estimate of drug-likeness (QED) is 0.679. The van der Waals surface area contributed by atoms with E-state index in [9.17, 15) is 4.79 Å². The van der Waals surface area contributed by atoms with Crippen molar-refractivity contribution < 1.29 is 4.79 Å². The number of hydrogen-bond donors (Lipinski definition) is 1. The Bertz CT molecular complexity index is 633. The van der Waals surface area contributed by atoms with Crippen LogP contribution in [0.5, 0.6) is 0 Å². The van der Waals surface area contributed by atoms with Crippen LogP contribution in [-0.4, -0.2) is 12.1 Å². The molecule has 1 aliphatic rings. The van der Waals surface area contributed by atoms with Gasteiger partial charge in [0.15, 0.2) is 0 Å². The van der Waals surface area contributed by atoms with Gasteiger partial charge in [-0.25, -0.2) is 5.43 Å². The maximum absolute atomic E-state index is 12.0. The van der Waals surface area contributed by atoms with Gasteiger partial charge in [0, 0.05) is 10.8 Å². The second-order valence-electron chi connectivity index (χ2n) is 5.06. The van der Waals surface area contributed by atoms with E-state index in [0.717, 1.165) is 11.3 Å². The summed E-state index contributed by atoms with van der Waals surface area (Å²) >= 11 is 1.62. The maximum atomic E-state index is 12.0. The molecule has 1 aromatic heterocycles. The van der Waals surface area contributed by atoms with Gasteiger partial charge >= 0.3 is 0 Å². The fourth-order valence-corrected chi connectivity index (χ4v) is 3.09. The molecule has 4 heteroatoms. The van der Waals surface area contributed by atoms with Crippen molar-refractivity contribution in [2.75, 3.05) is 0 Å². The highest BCUT2D eigenvalue weighted by atomic mass is 32.1. The number of amides is 1. The third-order valence-corrected chi connectivity index (χ3v) is 4.57. The van der Waals surface area contributed by atoms with Gasteiger partial charge in [0.25, 0.3) is 0 Å². The highest BCUT2D eigenvalue weighted by Gasteiger charge is 2.43. The second kappa shape index (κ2) is 5.59. The number of hydrogen-bond acceptors (Lipinski definition) is 3. The molecule has 102 valence electrons. The van der Waals surface area contributed by atoms with E-state index < -0.39 is 0 Å². The fraction of sp³-hybridized carbons (Fsp3) is 0.250. The third kappa shape index (κ3) is 2.80. The van der Waals surface area contributed by atoms with Crippen LogP contribution >= 0.6 is 11.3 Å². The number of hydrazone groups is 1. The van der Waals surface area contributed by atoms with Crippen molar-refractivity contribution in [3.05, 3.63) is 57.8 Å². The number of nitrogens with one attached hydrogen (secondary N) is 1. The molecule has 3 rings (SSSR count). The van der Waals surface area contributed by atoms with Crippen LogP contribution in [0.3, 0.4) is 0 Å². The summed E-state index contributed by atoms with van der Waals surface area (Å²) in [7, 11) is 0. The van der Waals surface area contributed by atoms with E-state index in [4.69, 9.17) is 0 Å². The molecule has 0 radical (unpaired) electrons. The number of rotatable bonds is 4. The molecule has 2 aromatic rings. The maximum Gasteiger partial charge on any atom is 0.243 e. The van der Waals surface area contributed by atoms with Gasteiger partial charge in [0.05, 0.1) is 6.21 Å². The summed E-state index contributed by atoms with van der Waals surface area (Å²) in [6.45, 7) is 2.03. The van der Waals surface area contributed by atoms with Crippen molar-refractivity contribution in [2.24, 2.45) is 11.0 Å². The Labute approximate surface area is 122 Å². The van der Waals surface area contributed by atoms with E-state index in [-0.39, 0.29) is 11.8 Å². The minimum absolute atomic E-state index is 0.0179. The largest absolute Gasteiger partial charge is 0.273 e. The molecule has 1 saturated carbocycles. The Hall–Kier alpha value is -1.94. The van der Waals surface area contributed by atoms with Crippen LogP contribution in [0.15, 0.2) is 46.9 Å². The highest BCUT2D eigenvalue weighted by molar-refractivity contribution is 7.11. The van der Waals surface area contributed by atoms with Crippen molar-refractivity contribution in [3.8, 4) is 0 Å². The molecule has 20 heavy (non-hydrogen) atoms. The monoisotopic (exact) mass is 284 g/mol. The zero-order valence-corrected chi connectivity index (χ0v) is 12.1. The van der Waals surface area contributed by atoms with Crippen LogP contribution < -0.4 is 5.43 Å². The fourth-order valence-electron chi connectivity index (χ4n) is 2.31. The van der Waals surface area contributed by atoms with Crippen LogP contribution in [0.2, 0.25) is 0 Å². The highest BCUT2D eigenvalue weighted by Crippen LogP contribution is 2.47. The Morgan fingerprint density at radius 2 is 2.15 bits per heavy atom. The molecule has 1 heterocycles. The zero-order chi connectivity index (χ0) is 13.9. The molecule has 1 fully saturated rings.